The van der Waals surface area contributed by atoms with Crippen LogP contribution in [0.15, 0.2) is 30.3 Å². The zero-order chi connectivity index (χ0) is 17.4. The summed E-state index contributed by atoms with van der Waals surface area (Å²) in [5, 5.41) is 0. The number of carbonyl (C=O) groups is 1. The van der Waals surface area contributed by atoms with Crippen molar-refractivity contribution in [1.29, 1.82) is 0 Å². The summed E-state index contributed by atoms with van der Waals surface area (Å²) < 4.78 is 6.71. The highest BCUT2D eigenvalue weighted by molar-refractivity contribution is 6.18. The monoisotopic (exact) mass is 330 g/mol. The third-order valence-electron chi connectivity index (χ3n) is 5.21. The van der Waals surface area contributed by atoms with Gasteiger partial charge < -0.3 is 9.22 Å². The van der Waals surface area contributed by atoms with Crippen LogP contribution in [-0.4, -0.2) is 43.2 Å². The van der Waals surface area contributed by atoms with Gasteiger partial charge in [0.2, 0.25) is 0 Å². The van der Waals surface area contributed by atoms with Gasteiger partial charge >= 0.3 is 5.97 Å². The van der Waals surface area contributed by atoms with E-state index < -0.39 is 0 Å². The summed E-state index contributed by atoms with van der Waals surface area (Å²) in [4.78, 5) is 12.5. The molecule has 132 valence electrons. The van der Waals surface area contributed by atoms with Crippen LogP contribution in [0.2, 0.25) is 0 Å². The molecule has 0 radical (unpaired) electrons. The fraction of sp³-hybridized carbons (Fsp3) is 0.571. The molecule has 0 saturated carbocycles. The van der Waals surface area contributed by atoms with E-state index in [-0.39, 0.29) is 5.97 Å². The van der Waals surface area contributed by atoms with Gasteiger partial charge in [-0.05, 0) is 37.3 Å². The molecule has 3 nitrogen and oxygen atoms in total. The average molecular weight is 330 g/mol. The number of nitrogens with zero attached hydrogens (tertiary/aromatic N) is 1. The number of allylic oxidation sites excluding steroid dienone is 1. The van der Waals surface area contributed by atoms with Crippen LogP contribution in [-0.2, 0) is 16.0 Å². The number of likely N-dealkylation sites (N-methyl/N-ethyl adjacent to an activating group) is 1. The normalized spacial score (nSPS) is 15.5. The Morgan fingerprint density at radius 2 is 1.88 bits per heavy atom. The van der Waals surface area contributed by atoms with Gasteiger partial charge in [-0.3, -0.25) is 0 Å². The predicted octanol–water partition coefficient (Wildman–Crippen LogP) is 4.22. The molecule has 0 bridgehead atoms. The molecule has 0 spiro atoms. The van der Waals surface area contributed by atoms with Crippen molar-refractivity contribution in [1.82, 2.24) is 0 Å². The molecule has 2 rings (SSSR count). The quantitative estimate of drug-likeness (QED) is 0.474. The third-order valence-corrected chi connectivity index (χ3v) is 5.21. The number of ether oxygens (including phenoxy) is 1. The summed E-state index contributed by atoms with van der Waals surface area (Å²) in [5.74, 6) is -0.166. The largest absolute Gasteiger partial charge is 0.456 e. The number of quaternary nitrogens is 1. The lowest BCUT2D eigenvalue weighted by molar-refractivity contribution is -0.926. The second-order valence-corrected chi connectivity index (χ2v) is 6.80. The predicted molar refractivity (Wildman–Crippen MR) is 99.7 cm³/mol. The van der Waals surface area contributed by atoms with Crippen LogP contribution in [0.25, 0.3) is 5.57 Å². The van der Waals surface area contributed by atoms with Crippen LogP contribution >= 0.6 is 0 Å². The zero-order valence-corrected chi connectivity index (χ0v) is 15.5. The van der Waals surface area contributed by atoms with Crippen LogP contribution in [0.5, 0.6) is 0 Å². The number of unbranched alkanes of at least 4 members (excludes halogenated alkanes) is 1. The Labute approximate surface area is 146 Å². The summed E-state index contributed by atoms with van der Waals surface area (Å²) in [6, 6.07) is 8.10. The lowest BCUT2D eigenvalue weighted by Crippen LogP contribution is -2.51. The van der Waals surface area contributed by atoms with Crippen molar-refractivity contribution in [2.24, 2.45) is 0 Å². The minimum absolute atomic E-state index is 0.166. The molecule has 0 N–H and O–H groups in total. The lowest BCUT2D eigenvalue weighted by Gasteiger charge is -2.37. The number of esters is 1. The van der Waals surface area contributed by atoms with Crippen molar-refractivity contribution in [3.63, 3.8) is 0 Å². The van der Waals surface area contributed by atoms with Gasteiger partial charge in [0.15, 0.2) is 0 Å². The molecule has 0 saturated heterocycles. The number of benzene rings is 1. The number of carbonyl (C=O) groups excluding carboxylic acids is 1. The first kappa shape index (κ1) is 18.7. The molecule has 0 heterocycles. The summed E-state index contributed by atoms with van der Waals surface area (Å²) in [6.45, 7) is 11.6. The van der Waals surface area contributed by atoms with Crippen molar-refractivity contribution in [3.05, 3.63) is 41.5 Å². The van der Waals surface area contributed by atoms with E-state index in [4.69, 9.17) is 4.74 Å². The van der Waals surface area contributed by atoms with Crippen LogP contribution in [0.1, 0.15) is 51.2 Å². The maximum atomic E-state index is 12.5. The highest BCUT2D eigenvalue weighted by Crippen LogP contribution is 2.28. The topological polar surface area (TPSA) is 26.3 Å². The van der Waals surface area contributed by atoms with E-state index in [0.29, 0.717) is 6.61 Å². The second kappa shape index (κ2) is 9.03. The van der Waals surface area contributed by atoms with Crippen molar-refractivity contribution in [2.75, 3.05) is 32.8 Å². The van der Waals surface area contributed by atoms with Crippen LogP contribution in [0.3, 0.4) is 0 Å². The molecular weight excluding hydrogens is 298 g/mol. The molecule has 0 fully saturated rings. The van der Waals surface area contributed by atoms with Crippen molar-refractivity contribution in [3.8, 4) is 0 Å². The van der Waals surface area contributed by atoms with E-state index in [1.54, 1.807) is 0 Å². The van der Waals surface area contributed by atoms with Gasteiger partial charge in [0.1, 0.15) is 13.2 Å². The van der Waals surface area contributed by atoms with E-state index in [1.165, 1.54) is 37.9 Å². The van der Waals surface area contributed by atoms with Gasteiger partial charge in [-0.15, -0.1) is 0 Å². The Kier molecular flexibility index (Phi) is 7.04. The van der Waals surface area contributed by atoms with Gasteiger partial charge in [0.25, 0.3) is 0 Å². The van der Waals surface area contributed by atoms with Crippen molar-refractivity contribution >= 4 is 11.5 Å². The average Bonchev–Trinajstić information content (AvgIpc) is 3.03. The summed E-state index contributed by atoms with van der Waals surface area (Å²) >= 11 is 0. The van der Waals surface area contributed by atoms with E-state index in [2.05, 4.69) is 26.8 Å². The standard InChI is InChI=1S/C21H32NO2/c1-4-7-15-22(6-3,14-5-2)16-17-24-21(23)20-13-12-18-10-8-9-11-19(18)20/h8-11,13H,4-7,12,14-17H2,1-3H3/q+1. The minimum atomic E-state index is -0.166. The van der Waals surface area contributed by atoms with E-state index in [9.17, 15) is 4.79 Å². The van der Waals surface area contributed by atoms with E-state index >= 15 is 0 Å². The molecule has 0 aliphatic heterocycles. The molecule has 1 aromatic rings. The first-order valence-electron chi connectivity index (χ1n) is 9.46. The minimum Gasteiger partial charge on any atom is -0.456 e. The Morgan fingerprint density at radius 3 is 2.58 bits per heavy atom. The maximum absolute atomic E-state index is 12.5. The fourth-order valence-electron chi connectivity index (χ4n) is 3.66. The van der Waals surface area contributed by atoms with Gasteiger partial charge in [-0.2, -0.15) is 0 Å². The van der Waals surface area contributed by atoms with Gasteiger partial charge in [0.05, 0.1) is 25.2 Å². The van der Waals surface area contributed by atoms with Gasteiger partial charge in [0, 0.05) is 0 Å². The lowest BCUT2D eigenvalue weighted by atomic mass is 10.1. The molecule has 0 amide bonds. The third kappa shape index (κ3) is 4.47. The van der Waals surface area contributed by atoms with E-state index in [1.807, 2.05) is 24.3 Å². The van der Waals surface area contributed by atoms with Crippen LogP contribution < -0.4 is 0 Å². The Hall–Kier alpha value is -1.61. The molecule has 0 aromatic heterocycles. The number of hydrogen-bond donors (Lipinski definition) is 0. The van der Waals surface area contributed by atoms with Crippen molar-refractivity contribution in [2.45, 2.75) is 46.5 Å². The first-order valence-corrected chi connectivity index (χ1v) is 9.46. The molecule has 1 aromatic carbocycles. The number of rotatable bonds is 10. The van der Waals surface area contributed by atoms with Crippen LogP contribution in [0, 0.1) is 0 Å². The van der Waals surface area contributed by atoms with Crippen LogP contribution in [0.4, 0.5) is 0 Å². The van der Waals surface area contributed by atoms with E-state index in [0.717, 1.165) is 35.1 Å². The molecule has 1 aliphatic rings. The number of hydrogen-bond acceptors (Lipinski definition) is 2. The molecule has 1 aliphatic carbocycles. The zero-order valence-electron chi connectivity index (χ0n) is 15.5. The molecule has 1 atom stereocenters. The Morgan fingerprint density at radius 1 is 1.08 bits per heavy atom. The SMILES string of the molecule is CCCC[N+](CC)(CCC)CCOC(=O)C1=CCc2ccccc21. The fourth-order valence-corrected chi connectivity index (χ4v) is 3.66. The summed E-state index contributed by atoms with van der Waals surface area (Å²) in [5.41, 5.74) is 3.00. The smallest absolute Gasteiger partial charge is 0.338 e. The van der Waals surface area contributed by atoms with Gasteiger partial charge in [-0.1, -0.05) is 50.6 Å². The highest BCUT2D eigenvalue weighted by atomic mass is 16.5. The number of fused-ring (bicyclic) bond motifs is 1. The first-order chi connectivity index (χ1) is 11.7. The second-order valence-electron chi connectivity index (χ2n) is 6.80. The molecule has 24 heavy (non-hydrogen) atoms. The summed E-state index contributed by atoms with van der Waals surface area (Å²) in [7, 11) is 0. The molecular formula is C21H32NO2+. The Balaban J connectivity index is 1.91. The van der Waals surface area contributed by atoms with Gasteiger partial charge in [-0.25, -0.2) is 4.79 Å². The Bertz CT molecular complexity index is 579. The summed E-state index contributed by atoms with van der Waals surface area (Å²) in [6.07, 6.45) is 6.46. The molecule has 3 heteroatoms. The molecule has 1 unspecified atom stereocenters. The highest BCUT2D eigenvalue weighted by Gasteiger charge is 2.25. The maximum Gasteiger partial charge on any atom is 0.338 e. The van der Waals surface area contributed by atoms with Crippen molar-refractivity contribution < 1.29 is 14.0 Å².